The lowest BCUT2D eigenvalue weighted by atomic mass is 10.2. The number of nitrogens with zero attached hydrogens (tertiary/aromatic N) is 3. The highest BCUT2D eigenvalue weighted by Gasteiger charge is 2.29. The van der Waals surface area contributed by atoms with Gasteiger partial charge in [-0.3, -0.25) is 4.79 Å². The lowest BCUT2D eigenvalue weighted by molar-refractivity contribution is -0.116. The second-order valence-corrected chi connectivity index (χ2v) is 4.36. The fourth-order valence-corrected chi connectivity index (χ4v) is 2.22. The van der Waals surface area contributed by atoms with Crippen LogP contribution in [0, 0.1) is 0 Å². The van der Waals surface area contributed by atoms with Gasteiger partial charge < -0.3 is 5.32 Å². The summed E-state index contributed by atoms with van der Waals surface area (Å²) in [4.78, 5) is 15.8. The van der Waals surface area contributed by atoms with Crippen molar-refractivity contribution in [1.82, 2.24) is 5.32 Å². The van der Waals surface area contributed by atoms with Gasteiger partial charge in [0, 0.05) is 5.75 Å². The topological polar surface area (TPSA) is 66.2 Å². The zero-order valence-corrected chi connectivity index (χ0v) is 9.25. The first-order valence-corrected chi connectivity index (χ1v) is 5.92. The predicted molar refractivity (Wildman–Crippen MR) is 59.7 cm³/mol. The van der Waals surface area contributed by atoms with Crippen LogP contribution in [0.1, 0.15) is 19.8 Å². The maximum Gasteiger partial charge on any atom is 0.258 e. The highest BCUT2D eigenvalue weighted by molar-refractivity contribution is 8.13. The molecule has 1 amide bonds. The van der Waals surface area contributed by atoms with Crippen LogP contribution in [0.15, 0.2) is 27.0 Å². The average molecular weight is 224 g/mol. The van der Waals surface area contributed by atoms with E-state index < -0.39 is 6.17 Å². The predicted octanol–water partition coefficient (Wildman–Crippen LogP) is 1.68. The fraction of sp³-hybridized carbons (Fsp3) is 0.556. The molecular formula is C9H12N4OS. The summed E-state index contributed by atoms with van der Waals surface area (Å²) in [7, 11) is 0. The van der Waals surface area contributed by atoms with Gasteiger partial charge in [0.15, 0.2) is 11.3 Å². The lowest BCUT2D eigenvalue weighted by Crippen LogP contribution is -2.37. The number of rotatable bonds is 3. The number of aliphatic imine (C=N–C) groups is 1. The Bertz CT molecular complexity index is 361. The number of fused-ring (bicyclic) bond motifs is 1. The van der Waals surface area contributed by atoms with Gasteiger partial charge in [-0.2, -0.15) is 10.2 Å². The SMILES string of the molecule is CCCCSC1=NC2N=NC=C2C(=O)N1. The summed E-state index contributed by atoms with van der Waals surface area (Å²) in [5.41, 5.74) is 0.537. The van der Waals surface area contributed by atoms with E-state index in [0.29, 0.717) is 10.7 Å². The van der Waals surface area contributed by atoms with Crippen LogP contribution in [0.3, 0.4) is 0 Å². The van der Waals surface area contributed by atoms with E-state index in [1.807, 2.05) is 0 Å². The highest BCUT2D eigenvalue weighted by atomic mass is 32.2. The molecule has 2 rings (SSSR count). The van der Waals surface area contributed by atoms with Gasteiger partial charge in [0.05, 0.1) is 11.8 Å². The van der Waals surface area contributed by atoms with E-state index in [-0.39, 0.29) is 5.91 Å². The van der Waals surface area contributed by atoms with E-state index in [1.165, 1.54) is 6.20 Å². The first-order valence-electron chi connectivity index (χ1n) is 4.93. The van der Waals surface area contributed by atoms with Crippen molar-refractivity contribution in [2.45, 2.75) is 25.9 Å². The van der Waals surface area contributed by atoms with E-state index >= 15 is 0 Å². The minimum atomic E-state index is -0.400. The van der Waals surface area contributed by atoms with Crippen LogP contribution < -0.4 is 5.32 Å². The number of amidine groups is 1. The summed E-state index contributed by atoms with van der Waals surface area (Å²) < 4.78 is 0. The van der Waals surface area contributed by atoms with Gasteiger partial charge in [-0.1, -0.05) is 25.1 Å². The lowest BCUT2D eigenvalue weighted by Gasteiger charge is -2.16. The van der Waals surface area contributed by atoms with Crippen molar-refractivity contribution in [2.24, 2.45) is 15.2 Å². The van der Waals surface area contributed by atoms with Gasteiger partial charge in [0.1, 0.15) is 0 Å². The van der Waals surface area contributed by atoms with Crippen LogP contribution >= 0.6 is 11.8 Å². The maximum absolute atomic E-state index is 11.5. The number of carbonyl (C=O) groups is 1. The molecule has 0 aromatic carbocycles. The smallest absolute Gasteiger partial charge is 0.258 e. The Morgan fingerprint density at radius 2 is 2.47 bits per heavy atom. The molecule has 0 aromatic heterocycles. The van der Waals surface area contributed by atoms with Gasteiger partial charge in [0.2, 0.25) is 0 Å². The van der Waals surface area contributed by atoms with Gasteiger partial charge in [-0.15, -0.1) is 0 Å². The number of hydrogen-bond donors (Lipinski definition) is 1. The Morgan fingerprint density at radius 1 is 1.60 bits per heavy atom. The summed E-state index contributed by atoms with van der Waals surface area (Å²) in [5, 5.41) is 10.9. The third-order valence-electron chi connectivity index (χ3n) is 2.11. The molecule has 2 aliphatic heterocycles. The molecule has 15 heavy (non-hydrogen) atoms. The Kier molecular flexibility index (Phi) is 3.15. The second-order valence-electron chi connectivity index (χ2n) is 3.28. The van der Waals surface area contributed by atoms with Crippen molar-refractivity contribution in [1.29, 1.82) is 0 Å². The summed E-state index contributed by atoms with van der Waals surface area (Å²) in [6.07, 6.45) is 3.33. The van der Waals surface area contributed by atoms with Gasteiger partial charge >= 0.3 is 0 Å². The molecule has 5 nitrogen and oxygen atoms in total. The Labute approximate surface area is 92.1 Å². The molecule has 0 aliphatic carbocycles. The number of azo groups is 1. The van der Waals surface area contributed by atoms with E-state index in [1.54, 1.807) is 11.8 Å². The molecule has 80 valence electrons. The molecule has 1 atom stereocenters. The normalized spacial score (nSPS) is 23.3. The maximum atomic E-state index is 11.5. The van der Waals surface area contributed by atoms with Crippen molar-refractivity contribution in [3.05, 3.63) is 11.8 Å². The van der Waals surface area contributed by atoms with Gasteiger partial charge in [-0.25, -0.2) is 4.99 Å². The van der Waals surface area contributed by atoms with Crippen LogP contribution in [-0.4, -0.2) is 23.0 Å². The summed E-state index contributed by atoms with van der Waals surface area (Å²) in [6.45, 7) is 2.13. The number of thioether (sulfide) groups is 1. The fourth-order valence-electron chi connectivity index (χ4n) is 1.26. The molecule has 0 aromatic rings. The second kappa shape index (κ2) is 4.57. The summed E-state index contributed by atoms with van der Waals surface area (Å²) >= 11 is 1.56. The first-order chi connectivity index (χ1) is 7.31. The van der Waals surface area contributed by atoms with Crippen molar-refractivity contribution in [3.63, 3.8) is 0 Å². The van der Waals surface area contributed by atoms with Gasteiger partial charge in [0.25, 0.3) is 5.91 Å². The minimum absolute atomic E-state index is 0.126. The van der Waals surface area contributed by atoms with Crippen molar-refractivity contribution < 1.29 is 4.79 Å². The van der Waals surface area contributed by atoms with Crippen molar-refractivity contribution in [3.8, 4) is 0 Å². The van der Waals surface area contributed by atoms with Crippen LogP contribution in [0.2, 0.25) is 0 Å². The number of amides is 1. The van der Waals surface area contributed by atoms with Crippen molar-refractivity contribution in [2.75, 3.05) is 5.75 Å². The molecule has 2 aliphatic rings. The number of unbranched alkanes of at least 4 members (excludes halogenated alkanes) is 1. The molecule has 0 bridgehead atoms. The molecule has 2 heterocycles. The molecule has 0 radical (unpaired) electrons. The Balaban J connectivity index is 1.99. The third kappa shape index (κ3) is 2.26. The van der Waals surface area contributed by atoms with E-state index in [9.17, 15) is 4.79 Å². The Morgan fingerprint density at radius 3 is 3.27 bits per heavy atom. The number of carbonyl (C=O) groups excluding carboxylic acids is 1. The monoisotopic (exact) mass is 224 g/mol. The number of hydrogen-bond acceptors (Lipinski definition) is 5. The van der Waals surface area contributed by atoms with E-state index in [0.717, 1.165) is 18.6 Å². The average Bonchev–Trinajstić information content (AvgIpc) is 2.66. The summed E-state index contributed by atoms with van der Waals surface area (Å²) in [5.74, 6) is 0.845. The summed E-state index contributed by atoms with van der Waals surface area (Å²) in [6, 6.07) is 0. The first kappa shape index (κ1) is 10.4. The zero-order chi connectivity index (χ0) is 10.7. The Hall–Kier alpha value is -1.17. The molecule has 0 saturated carbocycles. The molecule has 0 saturated heterocycles. The zero-order valence-electron chi connectivity index (χ0n) is 8.43. The van der Waals surface area contributed by atoms with Crippen LogP contribution in [0.4, 0.5) is 0 Å². The number of nitrogens with one attached hydrogen (secondary N) is 1. The molecule has 0 spiro atoms. The quantitative estimate of drug-likeness (QED) is 0.741. The van der Waals surface area contributed by atoms with Crippen LogP contribution in [0.5, 0.6) is 0 Å². The van der Waals surface area contributed by atoms with Crippen LogP contribution in [-0.2, 0) is 4.79 Å². The highest BCUT2D eigenvalue weighted by Crippen LogP contribution is 2.22. The largest absolute Gasteiger partial charge is 0.301 e. The van der Waals surface area contributed by atoms with E-state index in [4.69, 9.17) is 0 Å². The molecule has 6 heteroatoms. The minimum Gasteiger partial charge on any atom is -0.301 e. The molecular weight excluding hydrogens is 212 g/mol. The van der Waals surface area contributed by atoms with Crippen LogP contribution in [0.25, 0.3) is 0 Å². The van der Waals surface area contributed by atoms with Gasteiger partial charge in [-0.05, 0) is 6.42 Å². The van der Waals surface area contributed by atoms with E-state index in [2.05, 4.69) is 27.5 Å². The standard InChI is InChI=1S/C9H12N4OS/c1-2-3-4-15-9-11-7-6(5-10-13-7)8(14)12-9/h5,7H,2-4H2,1H3,(H,11,12,14). The molecule has 1 unspecified atom stereocenters. The molecule has 0 fully saturated rings. The third-order valence-corrected chi connectivity index (χ3v) is 3.08. The van der Waals surface area contributed by atoms with Crippen molar-refractivity contribution >= 4 is 22.8 Å². The molecule has 1 N–H and O–H groups in total.